The summed E-state index contributed by atoms with van der Waals surface area (Å²) in [6.45, 7) is 0. The van der Waals surface area contributed by atoms with Crippen LogP contribution >= 0.6 is 11.6 Å². The van der Waals surface area contributed by atoms with Crippen molar-refractivity contribution in [3.63, 3.8) is 0 Å². The van der Waals surface area contributed by atoms with Crippen molar-refractivity contribution in [2.75, 3.05) is 11.1 Å². The summed E-state index contributed by atoms with van der Waals surface area (Å²) >= 11 is 5.95. The van der Waals surface area contributed by atoms with E-state index in [1.807, 2.05) is 0 Å². The number of nitrogens with zero attached hydrogens (tertiary/aromatic N) is 2. The lowest BCUT2D eigenvalue weighted by atomic mass is 10.2. The van der Waals surface area contributed by atoms with E-state index in [1.165, 1.54) is 20.2 Å². The number of nitrogens with one attached hydrogen (secondary N) is 1. The number of carbonyl (C=O) groups excluding carboxylic acids is 1. The van der Waals surface area contributed by atoms with Gasteiger partial charge in [0.2, 0.25) is 0 Å². The molecule has 9 heteroatoms. The van der Waals surface area contributed by atoms with E-state index in [0.717, 1.165) is 9.13 Å². The zero-order valence-electron chi connectivity index (χ0n) is 13.9. The summed E-state index contributed by atoms with van der Waals surface area (Å²) < 4.78 is 7.45. The number of nitrogen functional groups attached to an aromatic ring is 1. The Balaban J connectivity index is 1.93. The predicted octanol–water partition coefficient (Wildman–Crippen LogP) is 1.83. The van der Waals surface area contributed by atoms with Gasteiger partial charge in [0.05, 0.1) is 0 Å². The Labute approximate surface area is 152 Å². The van der Waals surface area contributed by atoms with Gasteiger partial charge in [-0.15, -0.1) is 0 Å². The Hall–Kier alpha value is -3.26. The molecule has 3 aromatic rings. The molecular formula is C17H15ClN4O4. The molecule has 3 N–H and O–H groups in total. The van der Waals surface area contributed by atoms with Crippen LogP contribution in [0.25, 0.3) is 11.3 Å². The summed E-state index contributed by atoms with van der Waals surface area (Å²) in [6, 6.07) is 10.0. The highest BCUT2D eigenvalue weighted by molar-refractivity contribution is 6.30. The number of hydrogen-bond donors (Lipinski definition) is 2. The van der Waals surface area contributed by atoms with Crippen LogP contribution in [0.2, 0.25) is 5.02 Å². The molecule has 0 spiro atoms. The van der Waals surface area contributed by atoms with Crippen molar-refractivity contribution in [1.82, 2.24) is 9.13 Å². The molecule has 0 unspecified atom stereocenters. The first kappa shape index (κ1) is 17.6. The van der Waals surface area contributed by atoms with E-state index in [9.17, 15) is 14.4 Å². The highest BCUT2D eigenvalue weighted by atomic mass is 35.5. The standard InChI is InChI=1S/C17H15ClN4O4/c1-21-14(19)13(16(24)22(2)17(21)25)20-15(23)12-7-6-11(26-12)9-4-3-5-10(18)8-9/h3-8H,19H2,1-2H3,(H,20,23). The summed E-state index contributed by atoms with van der Waals surface area (Å²) in [5.41, 5.74) is 4.99. The van der Waals surface area contributed by atoms with Crippen LogP contribution in [0, 0.1) is 0 Å². The van der Waals surface area contributed by atoms with Gasteiger partial charge in [-0.2, -0.15) is 0 Å². The van der Waals surface area contributed by atoms with Gasteiger partial charge in [-0.25, -0.2) is 4.79 Å². The van der Waals surface area contributed by atoms with Crippen molar-refractivity contribution in [3.8, 4) is 11.3 Å². The van der Waals surface area contributed by atoms with Crippen molar-refractivity contribution in [1.29, 1.82) is 0 Å². The van der Waals surface area contributed by atoms with E-state index in [2.05, 4.69) is 5.32 Å². The van der Waals surface area contributed by atoms with E-state index in [4.69, 9.17) is 21.8 Å². The predicted molar refractivity (Wildman–Crippen MR) is 98.4 cm³/mol. The topological polar surface area (TPSA) is 112 Å². The number of aromatic nitrogens is 2. The molecule has 134 valence electrons. The smallest absolute Gasteiger partial charge is 0.332 e. The zero-order chi connectivity index (χ0) is 19.0. The number of rotatable bonds is 3. The highest BCUT2D eigenvalue weighted by Crippen LogP contribution is 2.25. The molecule has 0 atom stereocenters. The van der Waals surface area contributed by atoms with Crippen molar-refractivity contribution in [2.45, 2.75) is 0 Å². The number of furan rings is 1. The number of hydrogen-bond acceptors (Lipinski definition) is 5. The van der Waals surface area contributed by atoms with Crippen molar-refractivity contribution >= 4 is 29.0 Å². The van der Waals surface area contributed by atoms with Gasteiger partial charge >= 0.3 is 5.69 Å². The third-order valence-electron chi connectivity index (χ3n) is 3.89. The first-order chi connectivity index (χ1) is 12.3. The van der Waals surface area contributed by atoms with Gasteiger partial charge in [0.15, 0.2) is 5.76 Å². The van der Waals surface area contributed by atoms with Gasteiger partial charge in [-0.3, -0.25) is 18.7 Å². The lowest BCUT2D eigenvalue weighted by Gasteiger charge is -2.11. The molecule has 1 amide bonds. The summed E-state index contributed by atoms with van der Waals surface area (Å²) in [5, 5.41) is 2.94. The second-order valence-electron chi connectivity index (χ2n) is 5.59. The van der Waals surface area contributed by atoms with Crippen LogP contribution in [-0.4, -0.2) is 15.0 Å². The van der Waals surface area contributed by atoms with Gasteiger partial charge in [0.1, 0.15) is 17.3 Å². The normalized spacial score (nSPS) is 10.7. The number of anilines is 2. The number of nitrogens with two attached hydrogens (primary N) is 1. The Bertz CT molecular complexity index is 1130. The Morgan fingerprint density at radius 1 is 1.15 bits per heavy atom. The van der Waals surface area contributed by atoms with Crippen LogP contribution in [0.1, 0.15) is 10.6 Å². The van der Waals surface area contributed by atoms with Crippen LogP contribution in [0.4, 0.5) is 11.5 Å². The summed E-state index contributed by atoms with van der Waals surface area (Å²) in [5.74, 6) is -0.386. The minimum Gasteiger partial charge on any atom is -0.451 e. The molecule has 0 aliphatic carbocycles. The van der Waals surface area contributed by atoms with E-state index in [1.54, 1.807) is 30.3 Å². The molecule has 8 nitrogen and oxygen atoms in total. The maximum Gasteiger partial charge on any atom is 0.332 e. The monoisotopic (exact) mass is 374 g/mol. The first-order valence-corrected chi connectivity index (χ1v) is 7.90. The van der Waals surface area contributed by atoms with E-state index >= 15 is 0 Å². The van der Waals surface area contributed by atoms with Gasteiger partial charge < -0.3 is 15.5 Å². The van der Waals surface area contributed by atoms with Gasteiger partial charge in [0, 0.05) is 24.7 Å². The lowest BCUT2D eigenvalue weighted by Crippen LogP contribution is -2.40. The molecule has 0 bridgehead atoms. The second-order valence-corrected chi connectivity index (χ2v) is 6.03. The van der Waals surface area contributed by atoms with Gasteiger partial charge in [-0.05, 0) is 24.3 Å². The fourth-order valence-corrected chi connectivity index (χ4v) is 2.60. The molecule has 0 radical (unpaired) electrons. The molecule has 0 saturated carbocycles. The third kappa shape index (κ3) is 3.02. The van der Waals surface area contributed by atoms with Crippen LogP contribution < -0.4 is 22.3 Å². The summed E-state index contributed by atoms with van der Waals surface area (Å²) in [7, 11) is 2.70. The average Bonchev–Trinajstić information content (AvgIpc) is 3.12. The fourth-order valence-electron chi connectivity index (χ4n) is 2.41. The molecule has 26 heavy (non-hydrogen) atoms. The lowest BCUT2D eigenvalue weighted by molar-refractivity contribution is 0.0997. The molecule has 0 aliphatic rings. The molecule has 0 aliphatic heterocycles. The SMILES string of the molecule is Cn1c(N)c(NC(=O)c2ccc(-c3cccc(Cl)c3)o2)c(=O)n(C)c1=O. The molecule has 2 aromatic heterocycles. The Morgan fingerprint density at radius 2 is 1.88 bits per heavy atom. The molecule has 0 fully saturated rings. The van der Waals surface area contributed by atoms with Gasteiger partial charge in [-0.1, -0.05) is 23.7 Å². The van der Waals surface area contributed by atoms with E-state index < -0.39 is 17.2 Å². The zero-order valence-corrected chi connectivity index (χ0v) is 14.7. The maximum absolute atomic E-state index is 12.4. The summed E-state index contributed by atoms with van der Waals surface area (Å²) in [6.07, 6.45) is 0. The quantitative estimate of drug-likeness (QED) is 0.726. The van der Waals surface area contributed by atoms with Crippen LogP contribution in [-0.2, 0) is 14.1 Å². The van der Waals surface area contributed by atoms with Crippen molar-refractivity contribution < 1.29 is 9.21 Å². The average molecular weight is 375 g/mol. The fraction of sp³-hybridized carbons (Fsp3) is 0.118. The number of carbonyl (C=O) groups is 1. The molecule has 3 rings (SSSR count). The van der Waals surface area contributed by atoms with E-state index in [0.29, 0.717) is 16.3 Å². The van der Waals surface area contributed by atoms with Crippen LogP contribution in [0.3, 0.4) is 0 Å². The minimum atomic E-state index is -0.708. The van der Waals surface area contributed by atoms with Crippen LogP contribution in [0.5, 0.6) is 0 Å². The first-order valence-electron chi connectivity index (χ1n) is 7.52. The Morgan fingerprint density at radius 3 is 2.58 bits per heavy atom. The number of amides is 1. The number of benzene rings is 1. The summed E-state index contributed by atoms with van der Waals surface area (Å²) in [4.78, 5) is 36.4. The number of halogens is 1. The van der Waals surface area contributed by atoms with Crippen LogP contribution in [0.15, 0.2) is 50.4 Å². The highest BCUT2D eigenvalue weighted by Gasteiger charge is 2.19. The van der Waals surface area contributed by atoms with E-state index in [-0.39, 0.29) is 17.3 Å². The third-order valence-corrected chi connectivity index (χ3v) is 4.12. The molecule has 1 aromatic carbocycles. The maximum atomic E-state index is 12.4. The van der Waals surface area contributed by atoms with Gasteiger partial charge in [0.25, 0.3) is 11.5 Å². The van der Waals surface area contributed by atoms with Crippen molar-refractivity contribution in [2.24, 2.45) is 14.1 Å². The largest absolute Gasteiger partial charge is 0.451 e. The minimum absolute atomic E-state index is 0.0183. The molecular weight excluding hydrogens is 360 g/mol. The van der Waals surface area contributed by atoms with Crippen molar-refractivity contribution in [3.05, 3.63) is 68.0 Å². The molecule has 2 heterocycles. The Kier molecular flexibility index (Phi) is 4.43. The molecule has 0 saturated heterocycles. The second kappa shape index (κ2) is 6.57.